The quantitative estimate of drug-likeness (QED) is 0.768. The number of carbonyl (C=O) groups is 1. The Kier molecular flexibility index (Phi) is 6.43. The Morgan fingerprint density at radius 3 is 2.61 bits per heavy atom. The number of benzene rings is 2. The van der Waals surface area contributed by atoms with Crippen molar-refractivity contribution in [2.24, 2.45) is 0 Å². The van der Waals surface area contributed by atoms with E-state index in [-0.39, 0.29) is 29.8 Å². The number of hydrogen-bond donors (Lipinski definition) is 1. The molecule has 1 unspecified atom stereocenters. The number of carbonyl (C=O) groups excluding carboxylic acids is 1. The predicted molar refractivity (Wildman–Crippen MR) is 111 cm³/mol. The van der Waals surface area contributed by atoms with E-state index in [0.29, 0.717) is 17.1 Å². The summed E-state index contributed by atoms with van der Waals surface area (Å²) in [6.45, 7) is 4.39. The van der Waals surface area contributed by atoms with Gasteiger partial charge in [0.05, 0.1) is 10.9 Å². The molecule has 1 amide bonds. The van der Waals surface area contributed by atoms with Crippen LogP contribution in [0.15, 0.2) is 47.4 Å². The number of nitrogens with zero attached hydrogens (tertiary/aromatic N) is 1. The highest BCUT2D eigenvalue weighted by molar-refractivity contribution is 7.89. The molecule has 3 rings (SSSR count). The Labute approximate surface area is 171 Å². The molecule has 7 heteroatoms. The molecule has 5 nitrogen and oxygen atoms in total. The van der Waals surface area contributed by atoms with Gasteiger partial charge in [-0.25, -0.2) is 13.1 Å². The fourth-order valence-corrected chi connectivity index (χ4v) is 5.09. The van der Waals surface area contributed by atoms with E-state index in [0.717, 1.165) is 24.0 Å². The largest absolute Gasteiger partial charge is 0.336 e. The van der Waals surface area contributed by atoms with Gasteiger partial charge in [0.15, 0.2) is 0 Å². The molecule has 1 aliphatic heterocycles. The Morgan fingerprint density at radius 1 is 1.18 bits per heavy atom. The summed E-state index contributed by atoms with van der Waals surface area (Å²) in [5.41, 5.74) is 2.63. The molecule has 0 bridgehead atoms. The molecule has 2 aromatic carbocycles. The van der Waals surface area contributed by atoms with Gasteiger partial charge in [-0.05, 0) is 61.6 Å². The molecule has 1 aliphatic rings. The van der Waals surface area contributed by atoms with Crippen molar-refractivity contribution in [1.82, 2.24) is 9.62 Å². The summed E-state index contributed by atoms with van der Waals surface area (Å²) in [6.07, 6.45) is 1.98. The Morgan fingerprint density at radius 2 is 1.89 bits per heavy atom. The summed E-state index contributed by atoms with van der Waals surface area (Å²) >= 11 is 5.95. The van der Waals surface area contributed by atoms with Crippen LogP contribution in [0.1, 0.15) is 42.0 Å². The van der Waals surface area contributed by atoms with Gasteiger partial charge in [0.2, 0.25) is 15.9 Å². The average Bonchev–Trinajstić information content (AvgIpc) is 3.14. The summed E-state index contributed by atoms with van der Waals surface area (Å²) in [5, 5.41) is 0.667. The highest BCUT2D eigenvalue weighted by atomic mass is 35.5. The molecule has 28 heavy (non-hydrogen) atoms. The molecule has 1 heterocycles. The Hall–Kier alpha value is -1.89. The van der Waals surface area contributed by atoms with Gasteiger partial charge in [0, 0.05) is 24.5 Å². The third-order valence-electron chi connectivity index (χ3n) is 5.09. The molecule has 0 aromatic heterocycles. The number of rotatable bonds is 6. The minimum atomic E-state index is -3.64. The third kappa shape index (κ3) is 4.74. The van der Waals surface area contributed by atoms with Crippen molar-refractivity contribution in [1.29, 1.82) is 0 Å². The molecule has 0 radical (unpaired) electrons. The number of sulfonamides is 1. The van der Waals surface area contributed by atoms with Crippen LogP contribution in [0.3, 0.4) is 0 Å². The zero-order valence-electron chi connectivity index (χ0n) is 16.1. The number of hydrogen-bond acceptors (Lipinski definition) is 3. The SMILES string of the molecule is Cc1ccc(C)c(S(=O)(=O)NCCC(=O)N2CCCC2c2ccc(Cl)cc2)c1. The second kappa shape index (κ2) is 8.64. The normalized spacial score (nSPS) is 17.1. The van der Waals surface area contributed by atoms with Crippen LogP contribution in [-0.2, 0) is 14.8 Å². The van der Waals surface area contributed by atoms with Gasteiger partial charge in [0.1, 0.15) is 0 Å². The molecular formula is C21H25ClN2O3S. The van der Waals surface area contributed by atoms with Crippen LogP contribution < -0.4 is 4.72 Å². The molecule has 1 N–H and O–H groups in total. The van der Waals surface area contributed by atoms with Gasteiger partial charge in [0.25, 0.3) is 0 Å². The predicted octanol–water partition coefficient (Wildman–Crippen LogP) is 3.99. The smallest absolute Gasteiger partial charge is 0.240 e. The molecule has 1 atom stereocenters. The zero-order valence-corrected chi connectivity index (χ0v) is 17.7. The van der Waals surface area contributed by atoms with Crippen LogP contribution in [0, 0.1) is 13.8 Å². The Bertz CT molecular complexity index is 958. The summed E-state index contributed by atoms with van der Waals surface area (Å²) in [4.78, 5) is 14.8. The topological polar surface area (TPSA) is 66.5 Å². The van der Waals surface area contributed by atoms with E-state index >= 15 is 0 Å². The zero-order chi connectivity index (χ0) is 20.3. The second-order valence-corrected chi connectivity index (χ2v) is 9.39. The number of nitrogens with one attached hydrogen (secondary N) is 1. The molecule has 2 aromatic rings. The van der Waals surface area contributed by atoms with Gasteiger partial charge >= 0.3 is 0 Å². The highest BCUT2D eigenvalue weighted by Gasteiger charge is 2.29. The lowest BCUT2D eigenvalue weighted by molar-refractivity contribution is -0.131. The molecule has 0 aliphatic carbocycles. The van der Waals surface area contributed by atoms with Crippen LogP contribution in [-0.4, -0.2) is 32.3 Å². The van der Waals surface area contributed by atoms with Crippen molar-refractivity contribution in [3.8, 4) is 0 Å². The third-order valence-corrected chi connectivity index (χ3v) is 6.95. The van der Waals surface area contributed by atoms with E-state index < -0.39 is 10.0 Å². The van der Waals surface area contributed by atoms with Gasteiger partial charge in [-0.2, -0.15) is 0 Å². The fourth-order valence-electron chi connectivity index (χ4n) is 3.61. The first kappa shape index (κ1) is 20.8. The van der Waals surface area contributed by atoms with Crippen LogP contribution in [0.5, 0.6) is 0 Å². The molecule has 1 saturated heterocycles. The van der Waals surface area contributed by atoms with Crippen molar-refractivity contribution in [2.45, 2.75) is 44.0 Å². The van der Waals surface area contributed by atoms with Crippen molar-refractivity contribution in [2.75, 3.05) is 13.1 Å². The first-order chi connectivity index (χ1) is 13.3. The van der Waals surface area contributed by atoms with Gasteiger partial charge in [-0.3, -0.25) is 4.79 Å². The molecule has 0 spiro atoms. The minimum Gasteiger partial charge on any atom is -0.336 e. The molecule has 150 valence electrons. The van der Waals surface area contributed by atoms with E-state index in [1.807, 2.05) is 42.2 Å². The van der Waals surface area contributed by atoms with E-state index in [1.165, 1.54) is 0 Å². The van der Waals surface area contributed by atoms with E-state index in [1.54, 1.807) is 19.1 Å². The maximum Gasteiger partial charge on any atom is 0.240 e. The minimum absolute atomic E-state index is 0.0281. The standard InChI is InChI=1S/C21H25ClN2O3S/c1-15-5-6-16(2)20(14-15)28(26,27)23-12-11-21(25)24-13-3-4-19(24)17-7-9-18(22)10-8-17/h5-10,14,19,23H,3-4,11-13H2,1-2H3. The molecule has 1 fully saturated rings. The first-order valence-electron chi connectivity index (χ1n) is 9.40. The van der Waals surface area contributed by atoms with Crippen molar-refractivity contribution >= 4 is 27.5 Å². The lowest BCUT2D eigenvalue weighted by atomic mass is 10.0. The van der Waals surface area contributed by atoms with Gasteiger partial charge < -0.3 is 4.90 Å². The van der Waals surface area contributed by atoms with E-state index in [2.05, 4.69) is 4.72 Å². The van der Waals surface area contributed by atoms with E-state index in [9.17, 15) is 13.2 Å². The monoisotopic (exact) mass is 420 g/mol. The van der Waals surface area contributed by atoms with Gasteiger partial charge in [-0.1, -0.05) is 35.9 Å². The summed E-state index contributed by atoms with van der Waals surface area (Å²) < 4.78 is 27.7. The van der Waals surface area contributed by atoms with E-state index in [4.69, 9.17) is 11.6 Å². The molecular weight excluding hydrogens is 396 g/mol. The average molecular weight is 421 g/mol. The number of halogens is 1. The Balaban J connectivity index is 1.62. The van der Waals surface area contributed by atoms with Crippen molar-refractivity contribution in [3.63, 3.8) is 0 Å². The summed E-state index contributed by atoms with van der Waals surface area (Å²) in [6, 6.07) is 12.9. The summed E-state index contributed by atoms with van der Waals surface area (Å²) in [7, 11) is -3.64. The number of aryl methyl sites for hydroxylation is 2. The van der Waals surface area contributed by atoms with Crippen molar-refractivity contribution < 1.29 is 13.2 Å². The fraction of sp³-hybridized carbons (Fsp3) is 0.381. The van der Waals surface area contributed by atoms with Crippen LogP contribution in [0.4, 0.5) is 0 Å². The first-order valence-corrected chi connectivity index (χ1v) is 11.3. The highest BCUT2D eigenvalue weighted by Crippen LogP contribution is 2.32. The molecule has 0 saturated carbocycles. The lowest BCUT2D eigenvalue weighted by Crippen LogP contribution is -2.34. The number of amides is 1. The number of likely N-dealkylation sites (tertiary alicyclic amines) is 1. The maximum absolute atomic E-state index is 12.7. The van der Waals surface area contributed by atoms with Crippen molar-refractivity contribution in [3.05, 3.63) is 64.2 Å². The van der Waals surface area contributed by atoms with Crippen LogP contribution in [0.25, 0.3) is 0 Å². The lowest BCUT2D eigenvalue weighted by Gasteiger charge is -2.25. The van der Waals surface area contributed by atoms with Crippen LogP contribution in [0.2, 0.25) is 5.02 Å². The van der Waals surface area contributed by atoms with Crippen LogP contribution >= 0.6 is 11.6 Å². The second-order valence-electron chi connectivity index (χ2n) is 7.21. The maximum atomic E-state index is 12.7. The van der Waals surface area contributed by atoms with Gasteiger partial charge in [-0.15, -0.1) is 0 Å². The summed E-state index contributed by atoms with van der Waals surface area (Å²) in [5.74, 6) is -0.0406.